The number of hydrogen-bond acceptors (Lipinski definition) is 5. The molecule has 1 unspecified atom stereocenters. The molecule has 1 aromatic carbocycles. The molecule has 0 amide bonds. The van der Waals surface area contributed by atoms with Crippen molar-refractivity contribution in [3.8, 4) is 11.5 Å². The molecule has 0 radical (unpaired) electrons. The van der Waals surface area contributed by atoms with E-state index in [2.05, 4.69) is 20.7 Å². The molecular formula is C20H32IN5O3. The Kier molecular flexibility index (Phi) is 10.2. The van der Waals surface area contributed by atoms with Gasteiger partial charge in [0.1, 0.15) is 5.60 Å². The number of aromatic nitrogens is 2. The Balaban J connectivity index is 0.00000420. The Morgan fingerprint density at radius 2 is 1.97 bits per heavy atom. The van der Waals surface area contributed by atoms with Crippen LogP contribution in [-0.2, 0) is 19.1 Å². The minimum atomic E-state index is -1.08. The van der Waals surface area contributed by atoms with Crippen molar-refractivity contribution in [2.75, 3.05) is 33.9 Å². The van der Waals surface area contributed by atoms with Crippen LogP contribution in [0.25, 0.3) is 0 Å². The van der Waals surface area contributed by atoms with Gasteiger partial charge in [0.15, 0.2) is 17.5 Å². The van der Waals surface area contributed by atoms with E-state index in [9.17, 15) is 5.11 Å². The Labute approximate surface area is 189 Å². The van der Waals surface area contributed by atoms with Crippen molar-refractivity contribution in [2.24, 2.45) is 12.0 Å². The van der Waals surface area contributed by atoms with Gasteiger partial charge in [-0.15, -0.1) is 24.0 Å². The lowest BCUT2D eigenvalue weighted by molar-refractivity contribution is 0.0672. The predicted octanol–water partition coefficient (Wildman–Crippen LogP) is 2.06. The molecule has 162 valence electrons. The van der Waals surface area contributed by atoms with Crippen molar-refractivity contribution >= 4 is 29.9 Å². The standard InChI is InChI=1S/C20H31N5O3.HI/c1-6-21-19(23-14-20(2,26)16-12-24-25(3)13-16)22-10-9-15-7-8-17(27-4)18(11-15)28-5;/h7-8,11-13,26H,6,9-10,14H2,1-5H3,(H2,21,22,23);1H. The molecule has 1 atom stereocenters. The average molecular weight is 517 g/mol. The van der Waals surface area contributed by atoms with E-state index in [-0.39, 0.29) is 30.5 Å². The molecule has 0 spiro atoms. The van der Waals surface area contributed by atoms with Crippen LogP contribution in [0.1, 0.15) is 25.0 Å². The van der Waals surface area contributed by atoms with Crippen LogP contribution in [0.5, 0.6) is 11.5 Å². The SMILES string of the molecule is CCNC(=NCC(C)(O)c1cnn(C)c1)NCCc1ccc(OC)c(OC)c1.I. The lowest BCUT2D eigenvalue weighted by Crippen LogP contribution is -2.39. The highest BCUT2D eigenvalue weighted by Gasteiger charge is 2.24. The normalized spacial score (nSPS) is 13.2. The molecule has 0 fully saturated rings. The van der Waals surface area contributed by atoms with Crippen LogP contribution >= 0.6 is 24.0 Å². The molecule has 0 aliphatic carbocycles. The summed E-state index contributed by atoms with van der Waals surface area (Å²) in [6.45, 7) is 5.39. The summed E-state index contributed by atoms with van der Waals surface area (Å²) in [5.41, 5.74) is 0.781. The van der Waals surface area contributed by atoms with Gasteiger partial charge in [0.25, 0.3) is 0 Å². The van der Waals surface area contributed by atoms with Gasteiger partial charge in [0.2, 0.25) is 0 Å². The molecule has 3 N–H and O–H groups in total. The molecule has 0 bridgehead atoms. The first-order valence-electron chi connectivity index (χ1n) is 9.34. The molecule has 2 aromatic rings. The monoisotopic (exact) mass is 517 g/mol. The van der Waals surface area contributed by atoms with Crippen molar-refractivity contribution < 1.29 is 14.6 Å². The van der Waals surface area contributed by atoms with Crippen LogP contribution in [0, 0.1) is 0 Å². The maximum Gasteiger partial charge on any atom is 0.191 e. The fourth-order valence-corrected chi connectivity index (χ4v) is 2.73. The first-order chi connectivity index (χ1) is 13.4. The minimum Gasteiger partial charge on any atom is -0.493 e. The molecule has 0 aliphatic rings. The Morgan fingerprint density at radius 1 is 1.24 bits per heavy atom. The van der Waals surface area contributed by atoms with E-state index >= 15 is 0 Å². The number of halogens is 1. The number of aliphatic hydroxyl groups is 1. The zero-order valence-electron chi connectivity index (χ0n) is 17.7. The zero-order chi connectivity index (χ0) is 20.6. The molecule has 8 nitrogen and oxygen atoms in total. The summed E-state index contributed by atoms with van der Waals surface area (Å²) in [6, 6.07) is 5.89. The van der Waals surface area contributed by atoms with E-state index < -0.39 is 5.60 Å². The van der Waals surface area contributed by atoms with Crippen LogP contribution in [-0.4, -0.2) is 54.7 Å². The molecule has 9 heteroatoms. The van der Waals surface area contributed by atoms with E-state index in [1.165, 1.54) is 0 Å². The zero-order valence-corrected chi connectivity index (χ0v) is 20.1. The van der Waals surface area contributed by atoms with Gasteiger partial charge < -0.3 is 25.2 Å². The van der Waals surface area contributed by atoms with Crippen LogP contribution in [0.2, 0.25) is 0 Å². The van der Waals surface area contributed by atoms with Crippen molar-refractivity contribution in [3.63, 3.8) is 0 Å². The quantitative estimate of drug-likeness (QED) is 0.268. The highest BCUT2D eigenvalue weighted by Crippen LogP contribution is 2.27. The molecule has 2 rings (SSSR count). The summed E-state index contributed by atoms with van der Waals surface area (Å²) in [7, 11) is 5.07. The number of hydrogen-bond donors (Lipinski definition) is 3. The number of nitrogens with zero attached hydrogens (tertiary/aromatic N) is 3. The smallest absolute Gasteiger partial charge is 0.191 e. The van der Waals surface area contributed by atoms with Crippen molar-refractivity contribution in [1.82, 2.24) is 20.4 Å². The van der Waals surface area contributed by atoms with E-state index in [0.29, 0.717) is 24.0 Å². The van der Waals surface area contributed by atoms with Gasteiger partial charge in [-0.25, -0.2) is 4.99 Å². The van der Waals surface area contributed by atoms with Gasteiger partial charge in [0.05, 0.1) is 27.0 Å². The Hall–Kier alpha value is -2.01. The Bertz CT molecular complexity index is 792. The first kappa shape index (κ1) is 25.0. The van der Waals surface area contributed by atoms with E-state index in [1.807, 2.05) is 32.2 Å². The summed E-state index contributed by atoms with van der Waals surface area (Å²) in [5.74, 6) is 2.09. The average Bonchev–Trinajstić information content (AvgIpc) is 3.13. The second kappa shape index (κ2) is 11.9. The highest BCUT2D eigenvalue weighted by atomic mass is 127. The molecular weight excluding hydrogens is 485 g/mol. The number of rotatable bonds is 9. The number of aryl methyl sites for hydroxylation is 1. The van der Waals surface area contributed by atoms with Gasteiger partial charge >= 0.3 is 0 Å². The third-order valence-corrected chi connectivity index (χ3v) is 4.37. The molecule has 29 heavy (non-hydrogen) atoms. The number of ether oxygens (including phenoxy) is 2. The second-order valence-electron chi connectivity index (χ2n) is 6.74. The lowest BCUT2D eigenvalue weighted by atomic mass is 10.0. The number of guanidine groups is 1. The Morgan fingerprint density at radius 3 is 2.55 bits per heavy atom. The fourth-order valence-electron chi connectivity index (χ4n) is 2.73. The lowest BCUT2D eigenvalue weighted by Gasteiger charge is -2.20. The second-order valence-corrected chi connectivity index (χ2v) is 6.74. The minimum absolute atomic E-state index is 0. The van der Waals surface area contributed by atoms with Gasteiger partial charge in [0, 0.05) is 31.9 Å². The maximum atomic E-state index is 10.7. The highest BCUT2D eigenvalue weighted by molar-refractivity contribution is 14.0. The maximum absolute atomic E-state index is 10.7. The van der Waals surface area contributed by atoms with Gasteiger partial charge in [-0.3, -0.25) is 4.68 Å². The van der Waals surface area contributed by atoms with Crippen molar-refractivity contribution in [1.29, 1.82) is 0 Å². The largest absolute Gasteiger partial charge is 0.493 e. The molecule has 0 saturated heterocycles. The van der Waals surface area contributed by atoms with Gasteiger partial charge in [-0.1, -0.05) is 6.07 Å². The first-order valence-corrected chi connectivity index (χ1v) is 9.34. The third-order valence-electron chi connectivity index (χ3n) is 4.37. The number of nitrogens with one attached hydrogen (secondary N) is 2. The van der Waals surface area contributed by atoms with Crippen molar-refractivity contribution in [2.45, 2.75) is 25.9 Å². The van der Waals surface area contributed by atoms with Gasteiger partial charge in [-0.2, -0.15) is 5.10 Å². The number of methoxy groups -OCH3 is 2. The summed E-state index contributed by atoms with van der Waals surface area (Å²) in [6.07, 6.45) is 4.25. The summed E-state index contributed by atoms with van der Waals surface area (Å²) >= 11 is 0. The van der Waals surface area contributed by atoms with Crippen LogP contribution < -0.4 is 20.1 Å². The van der Waals surface area contributed by atoms with Crippen LogP contribution in [0.3, 0.4) is 0 Å². The molecule has 1 aromatic heterocycles. The summed E-state index contributed by atoms with van der Waals surface area (Å²) < 4.78 is 12.3. The van der Waals surface area contributed by atoms with Crippen molar-refractivity contribution in [3.05, 3.63) is 41.7 Å². The van der Waals surface area contributed by atoms with Crippen LogP contribution in [0.15, 0.2) is 35.6 Å². The van der Waals surface area contributed by atoms with Gasteiger partial charge in [-0.05, 0) is 38.0 Å². The molecule has 0 saturated carbocycles. The topological polar surface area (TPSA) is 92.9 Å². The molecule has 1 heterocycles. The van der Waals surface area contributed by atoms with E-state index in [4.69, 9.17) is 9.47 Å². The van der Waals surface area contributed by atoms with Crippen LogP contribution in [0.4, 0.5) is 0 Å². The fraction of sp³-hybridized carbons (Fsp3) is 0.500. The number of benzene rings is 1. The van der Waals surface area contributed by atoms with E-state index in [0.717, 1.165) is 24.1 Å². The summed E-state index contributed by atoms with van der Waals surface area (Å²) in [5, 5.41) is 21.3. The summed E-state index contributed by atoms with van der Waals surface area (Å²) in [4.78, 5) is 4.53. The van der Waals surface area contributed by atoms with E-state index in [1.54, 1.807) is 38.2 Å². The third kappa shape index (κ3) is 7.39. The number of aliphatic imine (C=N–C) groups is 1. The predicted molar refractivity (Wildman–Crippen MR) is 125 cm³/mol. The molecule has 0 aliphatic heterocycles.